The third kappa shape index (κ3) is 5.06. The van der Waals surface area contributed by atoms with E-state index < -0.39 is 0 Å². The maximum atomic E-state index is 11.8. The summed E-state index contributed by atoms with van der Waals surface area (Å²) in [6.07, 6.45) is 3.52. The molecule has 0 aliphatic carbocycles. The number of allylic oxidation sites excluding steroid dienone is 1. The van der Waals surface area contributed by atoms with E-state index in [0.717, 1.165) is 16.8 Å². The van der Waals surface area contributed by atoms with Gasteiger partial charge in [0.25, 0.3) is 0 Å². The van der Waals surface area contributed by atoms with E-state index >= 15 is 0 Å². The highest BCUT2D eigenvalue weighted by atomic mass is 16.5. The first-order chi connectivity index (χ1) is 12.4. The van der Waals surface area contributed by atoms with Gasteiger partial charge in [-0.05, 0) is 66.8 Å². The van der Waals surface area contributed by atoms with Crippen molar-refractivity contribution in [3.8, 4) is 11.1 Å². The van der Waals surface area contributed by atoms with Crippen molar-refractivity contribution in [1.29, 1.82) is 5.41 Å². The summed E-state index contributed by atoms with van der Waals surface area (Å²) >= 11 is 0. The van der Waals surface area contributed by atoms with Gasteiger partial charge in [-0.15, -0.1) is 0 Å². The molecular weight excluding hydrogens is 324 g/mol. The number of hydrogen-bond donors (Lipinski definition) is 2. The fourth-order valence-electron chi connectivity index (χ4n) is 2.62. The first-order valence-corrected chi connectivity index (χ1v) is 8.82. The zero-order valence-electron chi connectivity index (χ0n) is 15.8. The quantitative estimate of drug-likeness (QED) is 0.503. The summed E-state index contributed by atoms with van der Waals surface area (Å²) in [4.78, 5) is 11.8. The van der Waals surface area contributed by atoms with E-state index in [0.29, 0.717) is 23.8 Å². The maximum absolute atomic E-state index is 11.8. The molecule has 0 saturated carbocycles. The third-order valence-electron chi connectivity index (χ3n) is 3.98. The van der Waals surface area contributed by atoms with Crippen molar-refractivity contribution in [2.45, 2.75) is 33.6 Å². The topological polar surface area (TPSA) is 62.2 Å². The van der Waals surface area contributed by atoms with Crippen molar-refractivity contribution in [3.63, 3.8) is 0 Å². The molecule has 0 heterocycles. The van der Waals surface area contributed by atoms with Gasteiger partial charge in [0.1, 0.15) is 0 Å². The van der Waals surface area contributed by atoms with Gasteiger partial charge in [-0.1, -0.05) is 32.0 Å². The zero-order valence-corrected chi connectivity index (χ0v) is 15.8. The standard InChI is InChI=1S/C22H26N2O2/c1-5-26-22(25)18-8-6-17(7-9-18)19-10-11-21(20(14-19)15(2)3)24-13-12-16(4)23/h6-15,23-24H,5H2,1-4H3/b13-12-,23-16?. The number of anilines is 1. The van der Waals surface area contributed by atoms with Crippen molar-refractivity contribution < 1.29 is 9.53 Å². The van der Waals surface area contributed by atoms with E-state index in [-0.39, 0.29) is 5.97 Å². The number of hydrogen-bond acceptors (Lipinski definition) is 4. The van der Waals surface area contributed by atoms with Crippen molar-refractivity contribution in [2.75, 3.05) is 11.9 Å². The summed E-state index contributed by atoms with van der Waals surface area (Å²) in [5.74, 6) is 0.0560. The van der Waals surface area contributed by atoms with Gasteiger partial charge in [0.2, 0.25) is 0 Å². The lowest BCUT2D eigenvalue weighted by atomic mass is 9.95. The number of esters is 1. The van der Waals surface area contributed by atoms with Crippen LogP contribution in [-0.2, 0) is 4.74 Å². The van der Waals surface area contributed by atoms with Crippen molar-refractivity contribution in [2.24, 2.45) is 0 Å². The smallest absolute Gasteiger partial charge is 0.338 e. The zero-order chi connectivity index (χ0) is 19.1. The highest BCUT2D eigenvalue weighted by Gasteiger charge is 2.10. The third-order valence-corrected chi connectivity index (χ3v) is 3.98. The Kier molecular flexibility index (Phi) is 6.73. The molecule has 0 radical (unpaired) electrons. The molecular formula is C22H26N2O2. The summed E-state index contributed by atoms with van der Waals surface area (Å²) in [5, 5.41) is 10.7. The molecule has 2 aromatic carbocycles. The van der Waals surface area contributed by atoms with E-state index in [1.807, 2.05) is 18.2 Å². The molecule has 2 N–H and O–H groups in total. The molecule has 0 amide bonds. The summed E-state index contributed by atoms with van der Waals surface area (Å²) < 4.78 is 5.03. The van der Waals surface area contributed by atoms with Gasteiger partial charge in [-0.3, -0.25) is 0 Å². The van der Waals surface area contributed by atoms with E-state index in [9.17, 15) is 4.79 Å². The number of nitrogens with one attached hydrogen (secondary N) is 2. The molecule has 0 spiro atoms. The van der Waals surface area contributed by atoms with Gasteiger partial charge in [0.15, 0.2) is 0 Å². The van der Waals surface area contributed by atoms with Crippen LogP contribution in [0, 0.1) is 5.41 Å². The van der Waals surface area contributed by atoms with Gasteiger partial charge in [0, 0.05) is 17.6 Å². The van der Waals surface area contributed by atoms with Crippen LogP contribution >= 0.6 is 0 Å². The Morgan fingerprint density at radius 1 is 1.15 bits per heavy atom. The van der Waals surface area contributed by atoms with E-state index in [1.165, 1.54) is 5.56 Å². The normalized spacial score (nSPS) is 11.0. The molecule has 4 nitrogen and oxygen atoms in total. The van der Waals surface area contributed by atoms with E-state index in [2.05, 4.69) is 31.3 Å². The average Bonchev–Trinajstić information content (AvgIpc) is 2.62. The number of carbonyl (C=O) groups excluding carboxylic acids is 1. The minimum atomic E-state index is -0.297. The first-order valence-electron chi connectivity index (χ1n) is 8.82. The molecule has 136 valence electrons. The first kappa shape index (κ1) is 19.4. The fourth-order valence-corrected chi connectivity index (χ4v) is 2.62. The Labute approximate surface area is 155 Å². The molecule has 0 aliphatic rings. The van der Waals surface area contributed by atoms with Crippen LogP contribution in [-0.4, -0.2) is 18.3 Å². The summed E-state index contributed by atoms with van der Waals surface area (Å²) in [7, 11) is 0. The van der Waals surface area contributed by atoms with Crippen molar-refractivity contribution in [3.05, 3.63) is 65.9 Å². The second-order valence-corrected chi connectivity index (χ2v) is 6.42. The Bertz CT molecular complexity index is 805. The van der Waals surface area contributed by atoms with Gasteiger partial charge in [0.05, 0.1) is 12.2 Å². The number of carbonyl (C=O) groups is 1. The number of rotatable bonds is 7. The van der Waals surface area contributed by atoms with E-state index in [4.69, 9.17) is 10.1 Å². The van der Waals surface area contributed by atoms with Gasteiger partial charge < -0.3 is 15.5 Å². The minimum absolute atomic E-state index is 0.297. The van der Waals surface area contributed by atoms with Gasteiger partial charge in [-0.2, -0.15) is 0 Å². The molecule has 0 saturated heterocycles. The molecule has 0 fully saturated rings. The number of ether oxygens (including phenoxy) is 1. The predicted octanol–water partition coefficient (Wildman–Crippen LogP) is 5.62. The van der Waals surface area contributed by atoms with Crippen LogP contribution in [0.1, 0.15) is 49.5 Å². The maximum Gasteiger partial charge on any atom is 0.338 e. The number of benzene rings is 2. The Hall–Kier alpha value is -2.88. The largest absolute Gasteiger partial charge is 0.462 e. The SMILES string of the molecule is CCOC(=O)c1ccc(-c2ccc(N/C=C\C(C)=N)c(C(C)C)c2)cc1. The highest BCUT2D eigenvalue weighted by Crippen LogP contribution is 2.30. The molecule has 0 atom stereocenters. The van der Waals surface area contributed by atoms with Crippen LogP contribution in [0.5, 0.6) is 0 Å². The summed E-state index contributed by atoms with van der Waals surface area (Å²) in [6, 6.07) is 13.7. The van der Waals surface area contributed by atoms with Crippen LogP contribution in [0.3, 0.4) is 0 Å². The van der Waals surface area contributed by atoms with Gasteiger partial charge in [-0.25, -0.2) is 4.79 Å². The average molecular weight is 350 g/mol. The lowest BCUT2D eigenvalue weighted by Gasteiger charge is -2.15. The van der Waals surface area contributed by atoms with Crippen LogP contribution < -0.4 is 5.32 Å². The molecule has 2 rings (SSSR count). The second-order valence-electron chi connectivity index (χ2n) is 6.42. The van der Waals surface area contributed by atoms with Crippen molar-refractivity contribution in [1.82, 2.24) is 0 Å². The fraction of sp³-hybridized carbons (Fsp3) is 0.273. The lowest BCUT2D eigenvalue weighted by Crippen LogP contribution is -2.04. The summed E-state index contributed by atoms with van der Waals surface area (Å²) in [5.41, 5.74) is 5.44. The minimum Gasteiger partial charge on any atom is -0.462 e. The van der Waals surface area contributed by atoms with Crippen LogP contribution in [0.2, 0.25) is 0 Å². The Balaban J connectivity index is 2.28. The second kappa shape index (κ2) is 8.99. The van der Waals surface area contributed by atoms with Crippen LogP contribution in [0.25, 0.3) is 11.1 Å². The lowest BCUT2D eigenvalue weighted by molar-refractivity contribution is 0.0526. The Morgan fingerprint density at radius 3 is 2.38 bits per heavy atom. The molecule has 4 heteroatoms. The summed E-state index contributed by atoms with van der Waals surface area (Å²) in [6.45, 7) is 8.22. The molecule has 0 aliphatic heterocycles. The predicted molar refractivity (Wildman–Crippen MR) is 108 cm³/mol. The molecule has 0 unspecified atom stereocenters. The Morgan fingerprint density at radius 2 is 1.81 bits per heavy atom. The van der Waals surface area contributed by atoms with E-state index in [1.54, 1.807) is 38.3 Å². The molecule has 26 heavy (non-hydrogen) atoms. The van der Waals surface area contributed by atoms with Crippen LogP contribution in [0.15, 0.2) is 54.7 Å². The van der Waals surface area contributed by atoms with Crippen LogP contribution in [0.4, 0.5) is 5.69 Å². The van der Waals surface area contributed by atoms with Crippen molar-refractivity contribution >= 4 is 17.4 Å². The molecule has 2 aromatic rings. The van der Waals surface area contributed by atoms with Gasteiger partial charge >= 0.3 is 5.97 Å². The monoisotopic (exact) mass is 350 g/mol. The molecule has 0 aromatic heterocycles. The molecule has 0 bridgehead atoms. The highest BCUT2D eigenvalue weighted by molar-refractivity contribution is 5.90.